The molecule has 4 aromatic carbocycles. The molecule has 0 atom stereocenters. The minimum atomic E-state index is -2.29. The van der Waals surface area contributed by atoms with Crippen molar-refractivity contribution in [1.82, 2.24) is 0 Å². The SMILES string of the molecule is CCCCCCCCCCCCCCCCCCOC(=O)c1ccc(C(=O)C[P+](c2ccccc2)(c2ccccc2)c2ccccc2)cc1. The summed E-state index contributed by atoms with van der Waals surface area (Å²) in [5.74, 6) is -0.252. The predicted molar refractivity (Wildman–Crippen MR) is 211 cm³/mol. The zero-order valence-electron chi connectivity index (χ0n) is 29.9. The molecule has 3 nitrogen and oxygen atoms in total. The molecule has 0 aromatic heterocycles. The first-order chi connectivity index (χ1) is 24.1. The number of Topliss-reactive ketones (excluding diaryl/α,β-unsaturated/α-hetero) is 1. The van der Waals surface area contributed by atoms with Gasteiger partial charge in [-0.25, -0.2) is 4.79 Å². The van der Waals surface area contributed by atoms with Crippen LogP contribution < -0.4 is 15.9 Å². The summed E-state index contributed by atoms with van der Waals surface area (Å²) < 4.78 is 5.58. The Bertz CT molecular complexity index is 1370. The Balaban J connectivity index is 1.19. The lowest BCUT2D eigenvalue weighted by atomic mass is 10.0. The van der Waals surface area contributed by atoms with Crippen LogP contribution in [0.4, 0.5) is 0 Å². The third-order valence-electron chi connectivity index (χ3n) is 9.65. The number of esters is 1. The number of benzene rings is 4. The van der Waals surface area contributed by atoms with Crippen LogP contribution in [0.2, 0.25) is 0 Å². The lowest BCUT2D eigenvalue weighted by molar-refractivity contribution is 0.0497. The monoisotopic (exact) mass is 677 g/mol. The lowest BCUT2D eigenvalue weighted by Crippen LogP contribution is -2.35. The molecule has 0 unspecified atom stereocenters. The van der Waals surface area contributed by atoms with E-state index < -0.39 is 7.26 Å². The standard InChI is InChI=1S/C45H58O3P/c1-2-3-4-5-6-7-8-9-10-11-12-13-14-15-16-26-37-48-45(47)40-35-33-39(34-36-40)44(46)38-49(41-27-20-17-21-28-41,42-29-22-18-23-30-42)43-31-24-19-25-32-43/h17-25,27-36H,2-16,26,37-38H2,1H3/q+1. The maximum absolute atomic E-state index is 14.0. The van der Waals surface area contributed by atoms with Gasteiger partial charge in [0.2, 0.25) is 5.78 Å². The Labute approximate surface area is 297 Å². The molecule has 0 fully saturated rings. The van der Waals surface area contributed by atoms with Gasteiger partial charge in [-0.15, -0.1) is 0 Å². The smallest absolute Gasteiger partial charge is 0.338 e. The second kappa shape index (κ2) is 22.2. The zero-order valence-corrected chi connectivity index (χ0v) is 30.8. The van der Waals surface area contributed by atoms with Gasteiger partial charge in [0.25, 0.3) is 0 Å². The molecule has 0 N–H and O–H groups in total. The van der Waals surface area contributed by atoms with Gasteiger partial charge in [0.05, 0.1) is 12.2 Å². The summed E-state index contributed by atoms with van der Waals surface area (Å²) in [7, 11) is -2.29. The molecule has 0 saturated carbocycles. The minimum Gasteiger partial charge on any atom is -0.462 e. The highest BCUT2D eigenvalue weighted by Gasteiger charge is 2.47. The molecule has 0 spiro atoms. The molecule has 0 aliphatic heterocycles. The van der Waals surface area contributed by atoms with Gasteiger partial charge in [0, 0.05) is 5.56 Å². The first-order valence-corrected chi connectivity index (χ1v) is 21.0. The van der Waals surface area contributed by atoms with E-state index in [0.29, 0.717) is 23.9 Å². The van der Waals surface area contributed by atoms with E-state index in [4.69, 9.17) is 4.74 Å². The number of ketones is 1. The van der Waals surface area contributed by atoms with Gasteiger partial charge in [-0.3, -0.25) is 4.79 Å². The van der Waals surface area contributed by atoms with E-state index >= 15 is 0 Å². The Kier molecular flexibility index (Phi) is 17.4. The molecule has 4 rings (SSSR count). The van der Waals surface area contributed by atoms with Gasteiger partial charge in [0.1, 0.15) is 29.3 Å². The number of rotatable bonds is 24. The topological polar surface area (TPSA) is 43.4 Å². The third-order valence-corrected chi connectivity index (χ3v) is 13.9. The molecule has 4 aromatic rings. The summed E-state index contributed by atoms with van der Waals surface area (Å²) in [5, 5.41) is 3.53. The predicted octanol–water partition coefficient (Wildman–Crippen LogP) is 11.3. The summed E-state index contributed by atoms with van der Waals surface area (Å²) in [6, 6.07) is 38.3. The van der Waals surface area contributed by atoms with Gasteiger partial charge in [-0.2, -0.15) is 0 Å². The number of hydrogen-bond donors (Lipinski definition) is 0. The summed E-state index contributed by atoms with van der Waals surface area (Å²) in [6.45, 7) is 2.72. The highest BCUT2D eigenvalue weighted by molar-refractivity contribution is 7.96. The van der Waals surface area contributed by atoms with Crippen molar-refractivity contribution < 1.29 is 14.3 Å². The van der Waals surface area contributed by atoms with Crippen LogP contribution >= 0.6 is 7.26 Å². The molecule has 0 saturated heterocycles. The van der Waals surface area contributed by atoms with Crippen LogP contribution in [0.3, 0.4) is 0 Å². The fourth-order valence-corrected chi connectivity index (χ4v) is 10.9. The second-order valence-corrected chi connectivity index (χ2v) is 16.9. The Hall–Kier alpha value is -3.55. The van der Waals surface area contributed by atoms with Crippen molar-refractivity contribution in [2.75, 3.05) is 12.8 Å². The molecule has 0 amide bonds. The molecule has 0 heterocycles. The van der Waals surface area contributed by atoms with Crippen LogP contribution in [0.25, 0.3) is 0 Å². The summed E-state index contributed by atoms with van der Waals surface area (Å²) in [6.07, 6.45) is 21.4. The van der Waals surface area contributed by atoms with Crippen LogP contribution in [0.15, 0.2) is 115 Å². The van der Waals surface area contributed by atoms with Gasteiger partial charge in [-0.1, -0.05) is 170 Å². The summed E-state index contributed by atoms with van der Waals surface area (Å²) in [5.41, 5.74) is 1.10. The third kappa shape index (κ3) is 12.4. The van der Waals surface area contributed by atoms with Crippen molar-refractivity contribution in [2.24, 2.45) is 0 Å². The van der Waals surface area contributed by atoms with Crippen molar-refractivity contribution in [3.05, 3.63) is 126 Å². The Morgan fingerprint density at radius 3 is 1.18 bits per heavy atom. The van der Waals surface area contributed by atoms with E-state index in [0.717, 1.165) is 12.8 Å². The van der Waals surface area contributed by atoms with Crippen molar-refractivity contribution in [3.8, 4) is 0 Å². The Morgan fingerprint density at radius 1 is 0.449 bits per heavy atom. The fourth-order valence-electron chi connectivity index (χ4n) is 6.77. The van der Waals surface area contributed by atoms with Crippen LogP contribution in [0.1, 0.15) is 130 Å². The molecular formula is C45H58O3P+. The number of carbonyl (C=O) groups excluding carboxylic acids is 2. The van der Waals surface area contributed by atoms with E-state index in [1.807, 2.05) is 18.2 Å². The Morgan fingerprint density at radius 2 is 0.796 bits per heavy atom. The van der Waals surface area contributed by atoms with Crippen LogP contribution in [0.5, 0.6) is 0 Å². The van der Waals surface area contributed by atoms with E-state index in [1.54, 1.807) is 24.3 Å². The molecule has 0 aliphatic rings. The molecule has 49 heavy (non-hydrogen) atoms. The van der Waals surface area contributed by atoms with Crippen molar-refractivity contribution in [2.45, 2.75) is 110 Å². The first kappa shape index (κ1) is 38.3. The van der Waals surface area contributed by atoms with Crippen LogP contribution in [0, 0.1) is 0 Å². The molecule has 4 heteroatoms. The van der Waals surface area contributed by atoms with E-state index in [-0.39, 0.29) is 11.8 Å². The number of carbonyl (C=O) groups is 2. The average molecular weight is 678 g/mol. The fraction of sp³-hybridized carbons (Fsp3) is 0.422. The zero-order chi connectivity index (χ0) is 34.4. The first-order valence-electron chi connectivity index (χ1n) is 19.0. The second-order valence-electron chi connectivity index (χ2n) is 13.4. The molecular weight excluding hydrogens is 619 g/mol. The van der Waals surface area contributed by atoms with Gasteiger partial charge >= 0.3 is 5.97 Å². The maximum Gasteiger partial charge on any atom is 0.338 e. The number of hydrogen-bond acceptors (Lipinski definition) is 3. The van der Waals surface area contributed by atoms with Gasteiger partial charge in [0.15, 0.2) is 0 Å². The van der Waals surface area contributed by atoms with Crippen molar-refractivity contribution >= 4 is 34.9 Å². The highest BCUT2D eigenvalue weighted by Crippen LogP contribution is 2.55. The number of unbranched alkanes of at least 4 members (excludes halogenated alkanes) is 15. The lowest BCUT2D eigenvalue weighted by Gasteiger charge is -2.27. The molecule has 260 valence electrons. The van der Waals surface area contributed by atoms with Gasteiger partial charge in [-0.05, 0) is 55.0 Å². The van der Waals surface area contributed by atoms with E-state index in [2.05, 4.69) is 79.7 Å². The highest BCUT2D eigenvalue weighted by atomic mass is 31.2. The van der Waals surface area contributed by atoms with Crippen molar-refractivity contribution in [3.63, 3.8) is 0 Å². The van der Waals surface area contributed by atoms with Gasteiger partial charge < -0.3 is 4.74 Å². The van der Waals surface area contributed by atoms with Crippen LogP contribution in [-0.2, 0) is 4.74 Å². The van der Waals surface area contributed by atoms with Crippen LogP contribution in [-0.4, -0.2) is 24.5 Å². The largest absolute Gasteiger partial charge is 0.462 e. The average Bonchev–Trinajstić information content (AvgIpc) is 3.16. The molecule has 0 aliphatic carbocycles. The quantitative estimate of drug-likeness (QED) is 0.0321. The molecule has 0 radical (unpaired) electrons. The van der Waals surface area contributed by atoms with E-state index in [9.17, 15) is 9.59 Å². The number of ether oxygens (including phenoxy) is 1. The molecule has 0 bridgehead atoms. The van der Waals surface area contributed by atoms with E-state index in [1.165, 1.54) is 106 Å². The van der Waals surface area contributed by atoms with Crippen molar-refractivity contribution in [1.29, 1.82) is 0 Å². The summed E-state index contributed by atoms with van der Waals surface area (Å²) in [4.78, 5) is 26.8. The maximum atomic E-state index is 14.0. The minimum absolute atomic E-state index is 0.0676. The summed E-state index contributed by atoms with van der Waals surface area (Å²) >= 11 is 0. The normalized spacial score (nSPS) is 11.4.